The van der Waals surface area contributed by atoms with Crippen molar-refractivity contribution in [1.29, 1.82) is 0 Å². The lowest BCUT2D eigenvalue weighted by molar-refractivity contribution is -0.485. The highest BCUT2D eigenvalue weighted by molar-refractivity contribution is 5.55. The monoisotopic (exact) mass is 249 g/mol. The van der Waals surface area contributed by atoms with Gasteiger partial charge in [0.15, 0.2) is 0 Å². The van der Waals surface area contributed by atoms with E-state index in [4.69, 9.17) is 5.11 Å². The molecule has 2 N–H and O–H groups in total. The van der Waals surface area contributed by atoms with Crippen molar-refractivity contribution in [3.05, 3.63) is 0 Å². The summed E-state index contributed by atoms with van der Waals surface area (Å²) in [7, 11) is 0. The van der Waals surface area contributed by atoms with E-state index in [9.17, 15) is 4.79 Å². The summed E-state index contributed by atoms with van der Waals surface area (Å²) in [4.78, 5) is 18.1. The SMILES string of the molecule is CCNCCCCCCCCOOOC(=O)O. The molecule has 0 heterocycles. The molecule has 0 aliphatic heterocycles. The molecular weight excluding hydrogens is 226 g/mol. The van der Waals surface area contributed by atoms with Crippen LogP contribution in [0.15, 0.2) is 0 Å². The van der Waals surface area contributed by atoms with Crippen LogP contribution in [0.4, 0.5) is 4.79 Å². The highest BCUT2D eigenvalue weighted by Gasteiger charge is 1.97. The maximum Gasteiger partial charge on any atom is 0.540 e. The molecule has 17 heavy (non-hydrogen) atoms. The lowest BCUT2D eigenvalue weighted by atomic mass is 10.1. The second kappa shape index (κ2) is 13.2. The molecule has 0 saturated carbocycles. The summed E-state index contributed by atoms with van der Waals surface area (Å²) in [6, 6.07) is 0. The highest BCUT2D eigenvalue weighted by atomic mass is 17.5. The van der Waals surface area contributed by atoms with Gasteiger partial charge in [-0.3, -0.25) is 0 Å². The molecule has 102 valence electrons. The molecule has 6 heteroatoms. The number of carbonyl (C=O) groups is 1. The van der Waals surface area contributed by atoms with E-state index in [1.165, 1.54) is 19.3 Å². The molecule has 0 bridgehead atoms. The molecule has 0 aliphatic carbocycles. The van der Waals surface area contributed by atoms with Crippen LogP contribution in [-0.4, -0.2) is 31.0 Å². The predicted octanol–water partition coefficient (Wildman–Crippen LogP) is 2.49. The summed E-state index contributed by atoms with van der Waals surface area (Å²) >= 11 is 0. The zero-order chi connectivity index (χ0) is 12.8. The second-order valence-electron chi connectivity index (χ2n) is 3.71. The fourth-order valence-corrected chi connectivity index (χ4v) is 1.38. The Morgan fingerprint density at radius 3 is 2.41 bits per heavy atom. The quantitative estimate of drug-likeness (QED) is 0.314. The largest absolute Gasteiger partial charge is 0.540 e. The van der Waals surface area contributed by atoms with E-state index in [-0.39, 0.29) is 0 Å². The minimum Gasteiger partial charge on any atom is -0.448 e. The molecule has 0 fully saturated rings. The first-order valence-electron chi connectivity index (χ1n) is 6.17. The van der Waals surface area contributed by atoms with Crippen molar-refractivity contribution in [1.82, 2.24) is 5.32 Å². The van der Waals surface area contributed by atoms with Crippen LogP contribution >= 0.6 is 0 Å². The van der Waals surface area contributed by atoms with E-state index < -0.39 is 6.16 Å². The highest BCUT2D eigenvalue weighted by Crippen LogP contribution is 2.05. The summed E-state index contributed by atoms with van der Waals surface area (Å²) in [5, 5.41) is 15.3. The lowest BCUT2D eigenvalue weighted by Gasteiger charge is -2.02. The van der Waals surface area contributed by atoms with E-state index in [0.29, 0.717) is 6.61 Å². The van der Waals surface area contributed by atoms with Crippen molar-refractivity contribution in [3.63, 3.8) is 0 Å². The van der Waals surface area contributed by atoms with E-state index in [2.05, 4.69) is 27.1 Å². The molecule has 0 aliphatic rings. The maximum absolute atomic E-state index is 9.85. The van der Waals surface area contributed by atoms with Crippen molar-refractivity contribution in [2.24, 2.45) is 0 Å². The zero-order valence-corrected chi connectivity index (χ0v) is 10.4. The van der Waals surface area contributed by atoms with Crippen LogP contribution in [0.1, 0.15) is 45.4 Å². The van der Waals surface area contributed by atoms with Gasteiger partial charge in [0.05, 0.1) is 6.61 Å². The predicted molar refractivity (Wildman–Crippen MR) is 62.4 cm³/mol. The second-order valence-corrected chi connectivity index (χ2v) is 3.71. The van der Waals surface area contributed by atoms with Gasteiger partial charge in [0.1, 0.15) is 0 Å². The molecule has 0 aromatic heterocycles. The first kappa shape index (κ1) is 16.1. The molecule has 0 atom stereocenters. The minimum atomic E-state index is -1.51. The van der Waals surface area contributed by atoms with Gasteiger partial charge in [0.2, 0.25) is 0 Å². The molecule has 0 rings (SSSR count). The van der Waals surface area contributed by atoms with Crippen LogP contribution in [0.3, 0.4) is 0 Å². The molecule has 0 aromatic carbocycles. The Bertz CT molecular complexity index is 177. The average molecular weight is 249 g/mol. The van der Waals surface area contributed by atoms with Crippen LogP contribution in [0, 0.1) is 0 Å². The minimum absolute atomic E-state index is 0.352. The van der Waals surface area contributed by atoms with Crippen LogP contribution in [0.25, 0.3) is 0 Å². The van der Waals surface area contributed by atoms with Gasteiger partial charge < -0.3 is 10.4 Å². The molecule has 0 aromatic rings. The third-order valence-corrected chi connectivity index (χ3v) is 2.23. The van der Waals surface area contributed by atoms with Crippen molar-refractivity contribution in [2.45, 2.75) is 45.4 Å². The standard InChI is InChI=1S/C11H23NO5/c1-2-12-9-7-5-3-4-6-8-10-15-17-16-11(13)14/h12H,2-10H2,1H3,(H,13,14). The van der Waals surface area contributed by atoms with E-state index in [1.54, 1.807) is 0 Å². The summed E-state index contributed by atoms with van der Waals surface area (Å²) in [6.45, 7) is 4.59. The summed E-state index contributed by atoms with van der Waals surface area (Å²) in [5.41, 5.74) is 0. The fraction of sp³-hybridized carbons (Fsp3) is 0.909. The molecule has 0 amide bonds. The number of carboxylic acid groups (broad SMARTS) is 1. The summed E-state index contributed by atoms with van der Waals surface area (Å²) < 4.78 is 0. The van der Waals surface area contributed by atoms with Gasteiger partial charge in [0.25, 0.3) is 0 Å². The van der Waals surface area contributed by atoms with Gasteiger partial charge in [-0.2, -0.15) is 4.89 Å². The van der Waals surface area contributed by atoms with E-state index >= 15 is 0 Å². The van der Waals surface area contributed by atoms with Crippen molar-refractivity contribution in [2.75, 3.05) is 19.7 Å². The molecule has 0 unspecified atom stereocenters. The Morgan fingerprint density at radius 2 is 1.76 bits per heavy atom. The summed E-state index contributed by atoms with van der Waals surface area (Å²) in [5.74, 6) is 0. The molecular formula is C11H23NO5. The number of nitrogens with one attached hydrogen (secondary N) is 1. The number of rotatable bonds is 12. The smallest absolute Gasteiger partial charge is 0.448 e. The Morgan fingerprint density at radius 1 is 1.12 bits per heavy atom. The summed E-state index contributed by atoms with van der Waals surface area (Å²) in [6.07, 6.45) is 5.23. The van der Waals surface area contributed by atoms with Gasteiger partial charge in [-0.15, -0.1) is 0 Å². The molecule has 0 saturated heterocycles. The molecule has 0 spiro atoms. The van der Waals surface area contributed by atoms with Gasteiger partial charge in [-0.05, 0) is 31.0 Å². The number of hydrogen-bond donors (Lipinski definition) is 2. The lowest BCUT2D eigenvalue weighted by Crippen LogP contribution is -2.13. The first-order valence-corrected chi connectivity index (χ1v) is 6.17. The van der Waals surface area contributed by atoms with Crippen LogP contribution in [-0.2, 0) is 14.8 Å². The van der Waals surface area contributed by atoms with Gasteiger partial charge in [0, 0.05) is 0 Å². The third-order valence-electron chi connectivity index (χ3n) is 2.23. The zero-order valence-electron chi connectivity index (χ0n) is 10.4. The normalized spacial score (nSPS) is 10.4. The Balaban J connectivity index is 2.91. The maximum atomic E-state index is 9.85. The number of unbranched alkanes of at least 4 members (excludes halogenated alkanes) is 5. The first-order chi connectivity index (χ1) is 8.27. The van der Waals surface area contributed by atoms with Gasteiger partial charge in [-0.1, -0.05) is 32.6 Å². The van der Waals surface area contributed by atoms with Crippen LogP contribution in [0.5, 0.6) is 0 Å². The van der Waals surface area contributed by atoms with Crippen molar-refractivity contribution >= 4 is 6.16 Å². The van der Waals surface area contributed by atoms with Crippen molar-refractivity contribution in [3.8, 4) is 0 Å². The van der Waals surface area contributed by atoms with Gasteiger partial charge in [-0.25, -0.2) is 9.68 Å². The Labute approximate surface area is 102 Å². The van der Waals surface area contributed by atoms with Crippen molar-refractivity contribution < 1.29 is 24.7 Å². The van der Waals surface area contributed by atoms with Gasteiger partial charge >= 0.3 is 6.16 Å². The fourth-order valence-electron chi connectivity index (χ4n) is 1.38. The van der Waals surface area contributed by atoms with E-state index in [0.717, 1.165) is 32.4 Å². The third kappa shape index (κ3) is 15.1. The Kier molecular flexibility index (Phi) is 12.6. The van der Waals surface area contributed by atoms with Crippen LogP contribution in [0.2, 0.25) is 0 Å². The average Bonchev–Trinajstić information content (AvgIpc) is 2.30. The molecule has 0 radical (unpaired) electrons. The van der Waals surface area contributed by atoms with Crippen LogP contribution < -0.4 is 5.32 Å². The Hall–Kier alpha value is -0.850. The molecule has 6 nitrogen and oxygen atoms in total. The topological polar surface area (TPSA) is 77.0 Å². The number of hydrogen-bond acceptors (Lipinski definition) is 5. The van der Waals surface area contributed by atoms with E-state index in [1.807, 2.05) is 0 Å².